The number of benzene rings is 2. The molecular formula is C33H51O4PSi2. The number of hydrogen-bond donors (Lipinski definition) is 0. The standard InChI is InChI=1S/C33H51O4PSi2/c1-31(2,3)39(7,8)36-29-23-26(24-30(33(29)25-35-33)37-40(9,10)32(4,5)6)21-22-38(34,27-17-13-11-14-18-27)28-19-15-12-16-20-28/h11-21,29-30H,22-25H2,1-10H3/t29-,30-,33?/m1/s1. The zero-order chi connectivity index (χ0) is 29.6. The molecule has 1 heterocycles. The van der Waals surface area contributed by atoms with Crippen LogP contribution < -0.4 is 10.6 Å². The third-order valence-electron chi connectivity index (χ3n) is 9.93. The second-order valence-corrected chi connectivity index (χ2v) is 27.2. The van der Waals surface area contributed by atoms with E-state index in [2.05, 4.69) is 73.8 Å². The molecule has 4 nitrogen and oxygen atoms in total. The molecule has 1 saturated heterocycles. The number of ether oxygens (including phenoxy) is 1. The molecule has 0 amide bonds. The van der Waals surface area contributed by atoms with E-state index in [-0.39, 0.29) is 27.9 Å². The van der Waals surface area contributed by atoms with Crippen molar-refractivity contribution < 1.29 is 18.2 Å². The Morgan fingerprint density at radius 1 is 0.800 bits per heavy atom. The maximum atomic E-state index is 14.8. The third-order valence-corrected chi connectivity index (χ3v) is 21.9. The van der Waals surface area contributed by atoms with Crippen molar-refractivity contribution in [1.29, 1.82) is 0 Å². The molecule has 1 aliphatic heterocycles. The summed E-state index contributed by atoms with van der Waals surface area (Å²) in [6.07, 6.45) is 4.22. The van der Waals surface area contributed by atoms with Crippen LogP contribution in [0.5, 0.6) is 0 Å². The van der Waals surface area contributed by atoms with Crippen molar-refractivity contribution in [3.8, 4) is 0 Å². The Bertz CT molecular complexity index is 1150. The molecule has 2 aliphatic rings. The van der Waals surface area contributed by atoms with Gasteiger partial charge in [-0.15, -0.1) is 0 Å². The van der Waals surface area contributed by atoms with Gasteiger partial charge in [0.1, 0.15) is 12.7 Å². The van der Waals surface area contributed by atoms with Gasteiger partial charge in [0.15, 0.2) is 16.6 Å². The predicted molar refractivity (Wildman–Crippen MR) is 175 cm³/mol. The summed E-state index contributed by atoms with van der Waals surface area (Å²) in [4.78, 5) is 0. The third kappa shape index (κ3) is 6.38. The van der Waals surface area contributed by atoms with Gasteiger partial charge in [0.2, 0.25) is 0 Å². The Kier molecular flexibility index (Phi) is 8.78. The molecule has 1 aliphatic carbocycles. The van der Waals surface area contributed by atoms with Crippen LogP contribution in [0.25, 0.3) is 0 Å². The molecule has 7 heteroatoms. The van der Waals surface area contributed by atoms with Gasteiger partial charge in [0.05, 0.1) is 18.8 Å². The first-order valence-electron chi connectivity index (χ1n) is 14.8. The molecule has 0 radical (unpaired) electrons. The van der Waals surface area contributed by atoms with Gasteiger partial charge in [-0.1, -0.05) is 114 Å². The first-order valence-corrected chi connectivity index (χ1v) is 22.5. The summed E-state index contributed by atoms with van der Waals surface area (Å²) in [5.74, 6) is 0. The summed E-state index contributed by atoms with van der Waals surface area (Å²) < 4.78 is 35.3. The molecular weight excluding hydrogens is 548 g/mol. The number of epoxide rings is 1. The fourth-order valence-corrected chi connectivity index (χ4v) is 10.3. The fourth-order valence-electron chi connectivity index (χ4n) is 5.04. The summed E-state index contributed by atoms with van der Waals surface area (Å²) >= 11 is 0. The average molecular weight is 599 g/mol. The van der Waals surface area contributed by atoms with Gasteiger partial charge in [-0.25, -0.2) is 0 Å². The lowest BCUT2D eigenvalue weighted by atomic mass is 9.81. The molecule has 2 aromatic rings. The van der Waals surface area contributed by atoms with E-state index in [4.69, 9.17) is 13.6 Å². The van der Waals surface area contributed by atoms with Crippen LogP contribution in [0.4, 0.5) is 0 Å². The summed E-state index contributed by atoms with van der Waals surface area (Å²) in [5, 5.41) is 1.99. The lowest BCUT2D eigenvalue weighted by Gasteiger charge is -2.48. The largest absolute Gasteiger partial charge is 0.410 e. The van der Waals surface area contributed by atoms with Crippen molar-refractivity contribution in [3.05, 3.63) is 72.3 Å². The molecule has 1 spiro atoms. The molecule has 0 aromatic heterocycles. The van der Waals surface area contributed by atoms with Gasteiger partial charge >= 0.3 is 0 Å². The van der Waals surface area contributed by atoms with Gasteiger partial charge in [0, 0.05) is 16.8 Å². The van der Waals surface area contributed by atoms with Crippen LogP contribution in [0.3, 0.4) is 0 Å². The van der Waals surface area contributed by atoms with E-state index >= 15 is 0 Å². The maximum Gasteiger partial charge on any atom is 0.192 e. The second kappa shape index (κ2) is 11.1. The van der Waals surface area contributed by atoms with E-state index < -0.39 is 23.8 Å². The second-order valence-electron chi connectivity index (χ2n) is 14.8. The van der Waals surface area contributed by atoms with Crippen LogP contribution in [0.2, 0.25) is 36.3 Å². The van der Waals surface area contributed by atoms with Gasteiger partial charge in [-0.2, -0.15) is 0 Å². The zero-order valence-electron chi connectivity index (χ0n) is 26.4. The monoisotopic (exact) mass is 598 g/mol. The summed E-state index contributed by atoms with van der Waals surface area (Å²) in [5.41, 5.74) is 0.894. The molecule has 40 heavy (non-hydrogen) atoms. The van der Waals surface area contributed by atoms with Gasteiger partial charge in [0.25, 0.3) is 0 Å². The number of hydrogen-bond acceptors (Lipinski definition) is 4. The molecule has 0 N–H and O–H groups in total. The Labute approximate surface area is 245 Å². The minimum atomic E-state index is -2.85. The van der Waals surface area contributed by atoms with Crippen LogP contribution in [-0.2, 0) is 18.2 Å². The highest BCUT2D eigenvalue weighted by Crippen LogP contribution is 2.53. The van der Waals surface area contributed by atoms with E-state index in [1.807, 2.05) is 60.7 Å². The Hall–Kier alpha value is -1.28. The minimum absolute atomic E-state index is 0.0593. The van der Waals surface area contributed by atoms with Crippen molar-refractivity contribution in [3.63, 3.8) is 0 Å². The normalized spacial score (nSPS) is 24.3. The van der Waals surface area contributed by atoms with Crippen molar-refractivity contribution in [2.75, 3.05) is 12.8 Å². The van der Waals surface area contributed by atoms with E-state index in [1.165, 1.54) is 5.57 Å². The molecule has 2 atom stereocenters. The van der Waals surface area contributed by atoms with Crippen molar-refractivity contribution in [2.45, 2.75) is 108 Å². The maximum absolute atomic E-state index is 14.8. The smallest absolute Gasteiger partial charge is 0.192 e. The van der Waals surface area contributed by atoms with Gasteiger partial charge in [-0.3, -0.25) is 0 Å². The lowest BCUT2D eigenvalue weighted by Crippen LogP contribution is -2.57. The number of allylic oxidation sites excluding steroid dienone is 1. The predicted octanol–water partition coefficient (Wildman–Crippen LogP) is 8.27. The molecule has 220 valence electrons. The summed E-state index contributed by atoms with van der Waals surface area (Å²) in [7, 11) is -6.99. The molecule has 2 aromatic carbocycles. The highest BCUT2D eigenvalue weighted by Gasteiger charge is 2.63. The average Bonchev–Trinajstić information content (AvgIpc) is 3.66. The van der Waals surface area contributed by atoms with Crippen molar-refractivity contribution in [2.24, 2.45) is 0 Å². The molecule has 4 rings (SSSR count). The Morgan fingerprint density at radius 2 is 1.18 bits per heavy atom. The van der Waals surface area contributed by atoms with Crippen LogP contribution in [-0.4, -0.2) is 47.2 Å². The Balaban J connectivity index is 1.72. The lowest BCUT2D eigenvalue weighted by molar-refractivity contribution is -0.0172. The minimum Gasteiger partial charge on any atom is -0.410 e. The van der Waals surface area contributed by atoms with Crippen molar-refractivity contribution in [1.82, 2.24) is 0 Å². The van der Waals surface area contributed by atoms with Gasteiger partial charge in [-0.05, 0) is 49.1 Å². The first-order chi connectivity index (χ1) is 18.4. The van der Waals surface area contributed by atoms with Crippen LogP contribution in [0, 0.1) is 0 Å². The zero-order valence-corrected chi connectivity index (χ0v) is 29.3. The highest BCUT2D eigenvalue weighted by molar-refractivity contribution is 7.78. The summed E-state index contributed by atoms with van der Waals surface area (Å²) in [6.45, 7) is 23.7. The topological polar surface area (TPSA) is 48.1 Å². The first kappa shape index (κ1) is 31.7. The molecule has 2 fully saturated rings. The Morgan fingerprint density at radius 3 is 1.50 bits per heavy atom. The molecule has 0 bridgehead atoms. The van der Waals surface area contributed by atoms with Gasteiger partial charge < -0.3 is 18.2 Å². The SMILES string of the molecule is CC(C)(C)[Si](C)(C)O[C@@H]1CC(=CCP(=O)(c2ccccc2)c2ccccc2)C[C@@H](O[Si](C)(C)C(C)(C)C)C12CO2. The molecule has 1 saturated carbocycles. The van der Waals surface area contributed by atoms with Crippen molar-refractivity contribution >= 4 is 34.4 Å². The number of rotatable bonds is 8. The quantitative estimate of drug-likeness (QED) is 0.133. The van der Waals surface area contributed by atoms with E-state index in [1.54, 1.807) is 0 Å². The summed E-state index contributed by atoms with van der Waals surface area (Å²) in [6, 6.07) is 19.9. The van der Waals surface area contributed by atoms with E-state index in [9.17, 15) is 4.57 Å². The van der Waals surface area contributed by atoms with Crippen LogP contribution >= 0.6 is 7.14 Å². The van der Waals surface area contributed by atoms with E-state index in [0.29, 0.717) is 12.8 Å². The molecule has 0 unspecified atom stereocenters. The highest BCUT2D eigenvalue weighted by atomic mass is 31.2. The van der Waals surface area contributed by atoms with Crippen LogP contribution in [0.1, 0.15) is 54.4 Å². The van der Waals surface area contributed by atoms with Crippen LogP contribution in [0.15, 0.2) is 72.3 Å². The fraction of sp³-hybridized carbons (Fsp3) is 0.576. The van der Waals surface area contributed by atoms with E-state index in [0.717, 1.165) is 23.5 Å².